The molecular formula is C19H23ClN2O4S. The van der Waals surface area contributed by atoms with Crippen molar-refractivity contribution in [3.8, 4) is 5.75 Å². The number of carbonyl (C=O) groups is 1. The molecule has 1 atom stereocenters. The number of carbonyl (C=O) groups excluding carboxylic acids is 1. The van der Waals surface area contributed by atoms with Crippen LogP contribution in [0.2, 0.25) is 5.02 Å². The molecule has 0 aliphatic heterocycles. The minimum Gasteiger partial charge on any atom is -0.481 e. The van der Waals surface area contributed by atoms with Crippen LogP contribution in [0.25, 0.3) is 0 Å². The predicted molar refractivity (Wildman–Crippen MR) is 105 cm³/mol. The van der Waals surface area contributed by atoms with Crippen LogP contribution in [0.4, 0.5) is 0 Å². The highest BCUT2D eigenvalue weighted by atomic mass is 35.5. The van der Waals surface area contributed by atoms with Gasteiger partial charge in [-0.3, -0.25) is 4.79 Å². The Hall–Kier alpha value is -2.09. The highest BCUT2D eigenvalue weighted by Gasteiger charge is 2.17. The molecule has 0 aliphatic rings. The van der Waals surface area contributed by atoms with Crippen LogP contribution in [0.3, 0.4) is 0 Å². The zero-order chi connectivity index (χ0) is 20.0. The Morgan fingerprint density at radius 2 is 1.70 bits per heavy atom. The lowest BCUT2D eigenvalue weighted by Crippen LogP contribution is -2.40. The van der Waals surface area contributed by atoms with Crippen molar-refractivity contribution in [1.82, 2.24) is 10.0 Å². The van der Waals surface area contributed by atoms with Crippen LogP contribution in [-0.2, 0) is 21.4 Å². The minimum absolute atomic E-state index is 0.0141. The Morgan fingerprint density at radius 1 is 1.07 bits per heavy atom. The number of ether oxygens (including phenoxy) is 1. The second-order valence-electron chi connectivity index (χ2n) is 6.31. The molecule has 0 radical (unpaired) electrons. The standard InChI is InChI=1S/C19H23ClN2O4S/c1-13(2)22-19(23)14(3)26-16-8-10-17(11-9-16)27(24,25)21-12-15-6-4-5-7-18(15)20/h4-11,13-14,21H,12H2,1-3H3,(H,22,23)/t14-/m1/s1. The molecule has 27 heavy (non-hydrogen) atoms. The van der Waals surface area contributed by atoms with Gasteiger partial charge in [-0.05, 0) is 56.7 Å². The fraction of sp³-hybridized carbons (Fsp3) is 0.316. The summed E-state index contributed by atoms with van der Waals surface area (Å²) in [6, 6.07) is 12.9. The van der Waals surface area contributed by atoms with Crippen LogP contribution in [-0.4, -0.2) is 26.5 Å². The number of benzene rings is 2. The molecule has 0 aromatic heterocycles. The van der Waals surface area contributed by atoms with Gasteiger partial charge < -0.3 is 10.1 Å². The molecule has 2 rings (SSSR count). The van der Waals surface area contributed by atoms with Crippen LogP contribution in [0.5, 0.6) is 5.75 Å². The van der Waals surface area contributed by atoms with Crippen molar-refractivity contribution in [2.24, 2.45) is 0 Å². The van der Waals surface area contributed by atoms with E-state index in [9.17, 15) is 13.2 Å². The molecule has 146 valence electrons. The first-order valence-corrected chi connectivity index (χ1v) is 10.4. The van der Waals surface area contributed by atoms with Crippen molar-refractivity contribution in [2.75, 3.05) is 0 Å². The van der Waals surface area contributed by atoms with Crippen molar-refractivity contribution in [1.29, 1.82) is 0 Å². The minimum atomic E-state index is -3.70. The van der Waals surface area contributed by atoms with Crippen LogP contribution >= 0.6 is 11.6 Å². The number of nitrogens with one attached hydrogen (secondary N) is 2. The van der Waals surface area contributed by atoms with Crippen LogP contribution in [0.1, 0.15) is 26.3 Å². The molecule has 0 spiro atoms. The van der Waals surface area contributed by atoms with Gasteiger partial charge in [-0.2, -0.15) is 0 Å². The summed E-state index contributed by atoms with van der Waals surface area (Å²) >= 11 is 6.04. The maximum atomic E-state index is 12.4. The summed E-state index contributed by atoms with van der Waals surface area (Å²) in [4.78, 5) is 12.0. The molecule has 0 heterocycles. The monoisotopic (exact) mass is 410 g/mol. The average molecular weight is 411 g/mol. The Balaban J connectivity index is 2.01. The lowest BCUT2D eigenvalue weighted by atomic mass is 10.2. The average Bonchev–Trinajstić information content (AvgIpc) is 2.61. The summed E-state index contributed by atoms with van der Waals surface area (Å²) in [7, 11) is -3.70. The van der Waals surface area contributed by atoms with Gasteiger partial charge >= 0.3 is 0 Å². The molecule has 0 saturated carbocycles. The fourth-order valence-corrected chi connectivity index (χ4v) is 3.46. The second-order valence-corrected chi connectivity index (χ2v) is 8.48. The summed E-state index contributed by atoms with van der Waals surface area (Å²) in [5.41, 5.74) is 0.688. The molecule has 2 aromatic carbocycles. The fourth-order valence-electron chi connectivity index (χ4n) is 2.25. The quantitative estimate of drug-likeness (QED) is 0.700. The molecule has 1 amide bonds. The van der Waals surface area contributed by atoms with Crippen LogP contribution < -0.4 is 14.8 Å². The Morgan fingerprint density at radius 3 is 2.30 bits per heavy atom. The Labute approximate surface area is 164 Å². The smallest absolute Gasteiger partial charge is 0.260 e. The van der Waals surface area contributed by atoms with Crippen molar-refractivity contribution in [3.05, 3.63) is 59.1 Å². The number of sulfonamides is 1. The number of hydrogen-bond donors (Lipinski definition) is 2. The third-order valence-corrected chi connectivity index (χ3v) is 5.44. The van der Waals surface area contributed by atoms with E-state index in [2.05, 4.69) is 10.0 Å². The first-order chi connectivity index (χ1) is 12.7. The number of rotatable bonds is 8. The van der Waals surface area contributed by atoms with Crippen LogP contribution in [0.15, 0.2) is 53.4 Å². The highest BCUT2D eigenvalue weighted by molar-refractivity contribution is 7.89. The van der Waals surface area contributed by atoms with E-state index in [-0.39, 0.29) is 23.4 Å². The van der Waals surface area contributed by atoms with Crippen molar-refractivity contribution in [3.63, 3.8) is 0 Å². The maximum Gasteiger partial charge on any atom is 0.260 e. The van der Waals surface area contributed by atoms with Gasteiger partial charge in [0.1, 0.15) is 5.75 Å². The largest absolute Gasteiger partial charge is 0.481 e. The molecular weight excluding hydrogens is 388 g/mol. The summed E-state index contributed by atoms with van der Waals surface area (Å²) in [6.07, 6.45) is -0.687. The van der Waals surface area contributed by atoms with E-state index >= 15 is 0 Å². The molecule has 2 aromatic rings. The van der Waals surface area contributed by atoms with Crippen molar-refractivity contribution in [2.45, 2.75) is 44.4 Å². The third kappa shape index (κ3) is 6.23. The van der Waals surface area contributed by atoms with E-state index in [1.807, 2.05) is 13.8 Å². The SMILES string of the molecule is CC(C)NC(=O)[C@@H](C)Oc1ccc(S(=O)(=O)NCc2ccccc2Cl)cc1. The zero-order valence-electron chi connectivity index (χ0n) is 15.4. The lowest BCUT2D eigenvalue weighted by molar-refractivity contribution is -0.127. The third-order valence-electron chi connectivity index (χ3n) is 3.66. The molecule has 0 unspecified atom stereocenters. The number of halogens is 1. The van der Waals surface area contributed by atoms with Gasteiger partial charge in [0.25, 0.3) is 5.91 Å². The van der Waals surface area contributed by atoms with Gasteiger partial charge in [-0.15, -0.1) is 0 Å². The van der Waals surface area contributed by atoms with Crippen LogP contribution in [0, 0.1) is 0 Å². The topological polar surface area (TPSA) is 84.5 Å². The molecule has 0 bridgehead atoms. The zero-order valence-corrected chi connectivity index (χ0v) is 17.0. The Kier molecular flexibility index (Phi) is 7.24. The normalized spacial score (nSPS) is 12.6. The summed E-state index contributed by atoms with van der Waals surface area (Å²) in [5, 5.41) is 3.25. The number of hydrogen-bond acceptors (Lipinski definition) is 4. The van der Waals surface area contributed by atoms with E-state index in [4.69, 9.17) is 16.3 Å². The molecule has 0 aliphatic carbocycles. The molecule has 0 fully saturated rings. The van der Waals surface area contributed by atoms with E-state index in [1.54, 1.807) is 31.2 Å². The summed E-state index contributed by atoms with van der Waals surface area (Å²) in [6.45, 7) is 5.44. The molecule has 8 heteroatoms. The Bertz CT molecular complexity index is 883. The molecule has 2 N–H and O–H groups in total. The van der Waals surface area contributed by atoms with E-state index in [0.29, 0.717) is 16.3 Å². The molecule has 0 saturated heterocycles. The second kappa shape index (κ2) is 9.21. The van der Waals surface area contributed by atoms with Crippen molar-refractivity contribution >= 4 is 27.5 Å². The van der Waals surface area contributed by atoms with Gasteiger partial charge in [0.2, 0.25) is 10.0 Å². The first-order valence-electron chi connectivity index (χ1n) is 8.49. The number of amides is 1. The van der Waals surface area contributed by atoms with E-state index in [1.165, 1.54) is 24.3 Å². The van der Waals surface area contributed by atoms with Gasteiger partial charge in [0, 0.05) is 17.6 Å². The van der Waals surface area contributed by atoms with E-state index in [0.717, 1.165) is 0 Å². The highest BCUT2D eigenvalue weighted by Crippen LogP contribution is 2.19. The summed E-state index contributed by atoms with van der Waals surface area (Å²) < 4.78 is 32.9. The van der Waals surface area contributed by atoms with Gasteiger partial charge in [0.15, 0.2) is 6.10 Å². The summed E-state index contributed by atoms with van der Waals surface area (Å²) in [5.74, 6) is 0.176. The predicted octanol–water partition coefficient (Wildman–Crippen LogP) is 3.11. The van der Waals surface area contributed by atoms with Gasteiger partial charge in [-0.1, -0.05) is 29.8 Å². The van der Waals surface area contributed by atoms with Gasteiger partial charge in [0.05, 0.1) is 4.90 Å². The molecule has 6 nitrogen and oxygen atoms in total. The maximum absolute atomic E-state index is 12.4. The van der Waals surface area contributed by atoms with Crippen molar-refractivity contribution < 1.29 is 17.9 Å². The van der Waals surface area contributed by atoms with Gasteiger partial charge in [-0.25, -0.2) is 13.1 Å². The first kappa shape index (κ1) is 21.2. The van der Waals surface area contributed by atoms with E-state index < -0.39 is 16.1 Å². The lowest BCUT2D eigenvalue weighted by Gasteiger charge is -2.16.